The fourth-order valence-electron chi connectivity index (χ4n) is 2.44. The molecular formula is C15H26N2OS. The molecule has 1 aromatic heterocycles. The molecule has 1 aromatic rings. The lowest BCUT2D eigenvalue weighted by Crippen LogP contribution is -2.33. The van der Waals surface area contributed by atoms with Crippen LogP contribution in [0.15, 0.2) is 10.8 Å². The topological polar surface area (TPSA) is 32.3 Å². The molecule has 0 bridgehead atoms. The molecule has 4 heteroatoms. The first kappa shape index (κ1) is 16.2. The van der Waals surface area contributed by atoms with Crippen LogP contribution in [-0.4, -0.2) is 30.9 Å². The maximum Gasteiger partial charge on any atom is 0.211 e. The highest BCUT2D eigenvalue weighted by Gasteiger charge is 2.13. The van der Waals surface area contributed by atoms with Gasteiger partial charge in [0, 0.05) is 18.0 Å². The first-order valence-electron chi connectivity index (χ1n) is 7.18. The number of likely N-dealkylation sites (N-methyl/N-ethyl adjacent to an activating group) is 1. The highest BCUT2D eigenvalue weighted by atomic mass is 32.1. The van der Waals surface area contributed by atoms with Gasteiger partial charge in [0.25, 0.3) is 0 Å². The SMILES string of the molecule is CCCC(CCC)N(C)CCc1cscc1NC=O. The molecular weight excluding hydrogens is 256 g/mol. The number of carbonyl (C=O) groups is 1. The Labute approximate surface area is 121 Å². The molecule has 0 saturated heterocycles. The van der Waals surface area contributed by atoms with E-state index >= 15 is 0 Å². The quantitative estimate of drug-likeness (QED) is 0.663. The summed E-state index contributed by atoms with van der Waals surface area (Å²) in [5.41, 5.74) is 2.21. The maximum atomic E-state index is 10.5. The molecule has 1 amide bonds. The molecule has 0 atom stereocenters. The monoisotopic (exact) mass is 282 g/mol. The van der Waals surface area contributed by atoms with Gasteiger partial charge < -0.3 is 10.2 Å². The minimum Gasteiger partial charge on any atom is -0.328 e. The van der Waals surface area contributed by atoms with Crippen LogP contribution in [0.5, 0.6) is 0 Å². The van der Waals surface area contributed by atoms with E-state index < -0.39 is 0 Å². The number of hydrogen-bond donors (Lipinski definition) is 1. The van der Waals surface area contributed by atoms with Crippen LogP contribution in [0.25, 0.3) is 0 Å². The molecule has 3 nitrogen and oxygen atoms in total. The molecule has 1 N–H and O–H groups in total. The lowest BCUT2D eigenvalue weighted by molar-refractivity contribution is -0.105. The predicted molar refractivity (Wildman–Crippen MR) is 83.9 cm³/mol. The van der Waals surface area contributed by atoms with Gasteiger partial charge in [0.2, 0.25) is 6.41 Å². The molecule has 0 aromatic carbocycles. The number of amides is 1. The zero-order valence-electron chi connectivity index (χ0n) is 12.3. The lowest BCUT2D eigenvalue weighted by Gasteiger charge is -2.27. The second-order valence-corrected chi connectivity index (χ2v) is 5.78. The zero-order valence-corrected chi connectivity index (χ0v) is 13.1. The van der Waals surface area contributed by atoms with Gasteiger partial charge in [-0.25, -0.2) is 0 Å². The lowest BCUT2D eigenvalue weighted by atomic mass is 10.0. The molecule has 0 aliphatic carbocycles. The van der Waals surface area contributed by atoms with E-state index in [2.05, 4.69) is 36.5 Å². The fraction of sp³-hybridized carbons (Fsp3) is 0.667. The van der Waals surface area contributed by atoms with Gasteiger partial charge in [-0.3, -0.25) is 4.79 Å². The highest BCUT2D eigenvalue weighted by molar-refractivity contribution is 7.08. The van der Waals surface area contributed by atoms with E-state index in [1.165, 1.54) is 31.2 Å². The van der Waals surface area contributed by atoms with Crippen molar-refractivity contribution < 1.29 is 4.79 Å². The third kappa shape index (κ3) is 5.33. The van der Waals surface area contributed by atoms with Crippen molar-refractivity contribution in [2.24, 2.45) is 0 Å². The highest BCUT2D eigenvalue weighted by Crippen LogP contribution is 2.21. The van der Waals surface area contributed by atoms with E-state index in [1.807, 2.05) is 5.38 Å². The number of nitrogens with zero attached hydrogens (tertiary/aromatic N) is 1. The molecule has 0 spiro atoms. The molecule has 1 heterocycles. The van der Waals surface area contributed by atoms with E-state index in [0.717, 1.165) is 25.1 Å². The standard InChI is InChI=1S/C15H26N2OS/c1-4-6-14(7-5-2)17(3)9-8-13-10-19-11-15(13)16-12-18/h10-12,14H,4-9H2,1-3H3,(H,16,18). The summed E-state index contributed by atoms with van der Waals surface area (Å²) in [7, 11) is 2.22. The molecule has 0 aliphatic heterocycles. The number of hydrogen-bond acceptors (Lipinski definition) is 3. The van der Waals surface area contributed by atoms with Crippen molar-refractivity contribution >= 4 is 23.4 Å². The van der Waals surface area contributed by atoms with Crippen molar-refractivity contribution in [1.29, 1.82) is 0 Å². The van der Waals surface area contributed by atoms with Crippen molar-refractivity contribution in [3.05, 3.63) is 16.3 Å². The van der Waals surface area contributed by atoms with Crippen molar-refractivity contribution in [3.8, 4) is 0 Å². The summed E-state index contributed by atoms with van der Waals surface area (Å²) in [6, 6.07) is 0.691. The van der Waals surface area contributed by atoms with Gasteiger partial charge in [0.1, 0.15) is 0 Å². The summed E-state index contributed by atoms with van der Waals surface area (Å²) in [6.45, 7) is 5.55. The first-order chi connectivity index (χ1) is 9.22. The van der Waals surface area contributed by atoms with Gasteiger partial charge >= 0.3 is 0 Å². The minimum atomic E-state index is 0.691. The minimum absolute atomic E-state index is 0.691. The smallest absolute Gasteiger partial charge is 0.211 e. The Morgan fingerprint density at radius 3 is 2.58 bits per heavy atom. The molecule has 0 fully saturated rings. The Morgan fingerprint density at radius 2 is 2.00 bits per heavy atom. The Morgan fingerprint density at radius 1 is 1.32 bits per heavy atom. The van der Waals surface area contributed by atoms with Crippen LogP contribution < -0.4 is 5.32 Å². The molecule has 0 unspecified atom stereocenters. The molecule has 1 rings (SSSR count). The average molecular weight is 282 g/mol. The number of anilines is 1. The summed E-state index contributed by atoms with van der Waals surface area (Å²) in [5, 5.41) is 6.90. The van der Waals surface area contributed by atoms with E-state index in [9.17, 15) is 4.79 Å². The number of rotatable bonds is 10. The van der Waals surface area contributed by atoms with Gasteiger partial charge in [-0.1, -0.05) is 26.7 Å². The van der Waals surface area contributed by atoms with Crippen LogP contribution in [0.1, 0.15) is 45.1 Å². The van der Waals surface area contributed by atoms with Crippen LogP contribution >= 0.6 is 11.3 Å². The number of thiophene rings is 1. The Balaban J connectivity index is 2.49. The van der Waals surface area contributed by atoms with Gasteiger partial charge in [0.05, 0.1) is 5.69 Å². The van der Waals surface area contributed by atoms with E-state index in [1.54, 1.807) is 11.3 Å². The van der Waals surface area contributed by atoms with E-state index in [0.29, 0.717) is 6.04 Å². The third-order valence-corrected chi connectivity index (χ3v) is 4.35. The van der Waals surface area contributed by atoms with Crippen molar-refractivity contribution in [3.63, 3.8) is 0 Å². The van der Waals surface area contributed by atoms with Crippen molar-refractivity contribution in [2.45, 2.75) is 52.0 Å². The van der Waals surface area contributed by atoms with Crippen molar-refractivity contribution in [2.75, 3.05) is 18.9 Å². The Kier molecular flexibility index (Phi) is 7.75. The van der Waals surface area contributed by atoms with Gasteiger partial charge in [0.15, 0.2) is 0 Å². The third-order valence-electron chi connectivity index (χ3n) is 3.56. The molecule has 0 radical (unpaired) electrons. The van der Waals surface area contributed by atoms with Gasteiger partial charge in [-0.05, 0) is 37.3 Å². The summed E-state index contributed by atoms with van der Waals surface area (Å²) < 4.78 is 0. The first-order valence-corrected chi connectivity index (χ1v) is 8.12. The molecule has 19 heavy (non-hydrogen) atoms. The normalized spacial score (nSPS) is 11.2. The molecule has 0 saturated carbocycles. The largest absolute Gasteiger partial charge is 0.328 e. The van der Waals surface area contributed by atoms with E-state index in [-0.39, 0.29) is 0 Å². The fourth-order valence-corrected chi connectivity index (χ4v) is 3.27. The summed E-state index contributed by atoms with van der Waals surface area (Å²) in [5.74, 6) is 0. The second kappa shape index (κ2) is 9.10. The second-order valence-electron chi connectivity index (χ2n) is 5.03. The summed E-state index contributed by atoms with van der Waals surface area (Å²) in [4.78, 5) is 13.0. The van der Waals surface area contributed by atoms with Crippen molar-refractivity contribution in [1.82, 2.24) is 4.90 Å². The number of nitrogens with one attached hydrogen (secondary N) is 1. The van der Waals surface area contributed by atoms with Gasteiger partial charge in [-0.2, -0.15) is 0 Å². The van der Waals surface area contributed by atoms with Crippen LogP contribution in [0.3, 0.4) is 0 Å². The maximum absolute atomic E-state index is 10.5. The number of carbonyl (C=O) groups excluding carboxylic acids is 1. The summed E-state index contributed by atoms with van der Waals surface area (Å²) >= 11 is 1.65. The summed E-state index contributed by atoms with van der Waals surface area (Å²) in [6.07, 6.45) is 6.78. The Bertz CT molecular complexity index is 359. The predicted octanol–water partition coefficient (Wildman–Crippen LogP) is 3.76. The molecule has 108 valence electrons. The van der Waals surface area contributed by atoms with Gasteiger partial charge in [-0.15, -0.1) is 11.3 Å². The van der Waals surface area contributed by atoms with Crippen LogP contribution in [0, 0.1) is 0 Å². The zero-order chi connectivity index (χ0) is 14.1. The van der Waals surface area contributed by atoms with Crippen LogP contribution in [0.2, 0.25) is 0 Å². The van der Waals surface area contributed by atoms with Crippen LogP contribution in [0.4, 0.5) is 5.69 Å². The average Bonchev–Trinajstić information content (AvgIpc) is 2.84. The van der Waals surface area contributed by atoms with Crippen LogP contribution in [-0.2, 0) is 11.2 Å². The molecule has 0 aliphatic rings. The Hall–Kier alpha value is -0.870. The van der Waals surface area contributed by atoms with E-state index in [4.69, 9.17) is 0 Å².